The lowest BCUT2D eigenvalue weighted by Gasteiger charge is -2.09. The third-order valence-electron chi connectivity index (χ3n) is 2.75. The SMILES string of the molecule is COc1ccc(N/N=C(\C#N)C(=N)N)c2ccccc12. The minimum absolute atomic E-state index is 0.162. The standard InChI is InChI=1S/C14H13N5O/c1-20-13-7-6-11(9-4-2-3-5-10(9)13)18-19-12(8-15)14(16)17/h2-7,18H,1H3,(H3,16,17)/b19-12+. The maximum Gasteiger partial charge on any atom is 0.201 e. The molecule has 0 radical (unpaired) electrons. The molecule has 0 saturated heterocycles. The van der Waals surface area contributed by atoms with E-state index in [4.69, 9.17) is 21.1 Å². The van der Waals surface area contributed by atoms with Crippen LogP contribution >= 0.6 is 0 Å². The Morgan fingerprint density at radius 3 is 2.60 bits per heavy atom. The lowest BCUT2D eigenvalue weighted by molar-refractivity contribution is 0.420. The Morgan fingerprint density at radius 1 is 1.30 bits per heavy atom. The number of hydrazone groups is 1. The zero-order chi connectivity index (χ0) is 14.5. The first kappa shape index (κ1) is 13.4. The summed E-state index contributed by atoms with van der Waals surface area (Å²) < 4.78 is 5.30. The Labute approximate surface area is 116 Å². The number of ether oxygens (including phenoxy) is 1. The van der Waals surface area contributed by atoms with Crippen LogP contribution in [0.1, 0.15) is 0 Å². The van der Waals surface area contributed by atoms with Crippen LogP contribution in [0.25, 0.3) is 10.8 Å². The van der Waals surface area contributed by atoms with Crippen molar-refractivity contribution in [1.82, 2.24) is 0 Å². The highest BCUT2D eigenvalue weighted by Gasteiger charge is 2.06. The van der Waals surface area contributed by atoms with Gasteiger partial charge in [0, 0.05) is 10.8 Å². The van der Waals surface area contributed by atoms with Gasteiger partial charge in [-0.05, 0) is 12.1 Å². The van der Waals surface area contributed by atoms with Crippen molar-refractivity contribution in [2.45, 2.75) is 0 Å². The van der Waals surface area contributed by atoms with Crippen molar-refractivity contribution < 1.29 is 4.74 Å². The van der Waals surface area contributed by atoms with E-state index in [0.717, 1.165) is 16.5 Å². The van der Waals surface area contributed by atoms with Crippen molar-refractivity contribution in [3.63, 3.8) is 0 Å². The number of hydrogen-bond acceptors (Lipinski definition) is 5. The van der Waals surface area contributed by atoms with E-state index in [1.165, 1.54) is 0 Å². The molecule has 0 heterocycles. The minimum Gasteiger partial charge on any atom is -0.496 e. The Balaban J connectivity index is 2.47. The quantitative estimate of drug-likeness (QED) is 0.447. The molecular formula is C14H13N5O. The predicted molar refractivity (Wildman–Crippen MR) is 79.1 cm³/mol. The Bertz CT molecular complexity index is 730. The smallest absolute Gasteiger partial charge is 0.201 e. The first-order valence-electron chi connectivity index (χ1n) is 5.81. The number of methoxy groups -OCH3 is 1. The highest BCUT2D eigenvalue weighted by molar-refractivity contribution is 6.45. The van der Waals surface area contributed by atoms with Crippen molar-refractivity contribution in [2.75, 3.05) is 12.5 Å². The van der Waals surface area contributed by atoms with E-state index < -0.39 is 0 Å². The Kier molecular flexibility index (Phi) is 3.82. The number of benzene rings is 2. The van der Waals surface area contributed by atoms with E-state index in [1.54, 1.807) is 25.3 Å². The van der Waals surface area contributed by atoms with Crippen LogP contribution in [0, 0.1) is 16.7 Å². The molecule has 0 aliphatic rings. The summed E-state index contributed by atoms with van der Waals surface area (Å²) in [7, 11) is 1.61. The number of rotatable bonds is 4. The van der Waals surface area contributed by atoms with Crippen molar-refractivity contribution in [2.24, 2.45) is 10.8 Å². The highest BCUT2D eigenvalue weighted by atomic mass is 16.5. The fraction of sp³-hybridized carbons (Fsp3) is 0.0714. The predicted octanol–water partition coefficient (Wildman–Crippen LogP) is 2.08. The molecule has 100 valence electrons. The molecule has 4 N–H and O–H groups in total. The average molecular weight is 267 g/mol. The summed E-state index contributed by atoms with van der Waals surface area (Å²) >= 11 is 0. The number of hydrogen-bond donors (Lipinski definition) is 3. The number of fused-ring (bicyclic) bond motifs is 1. The summed E-state index contributed by atoms with van der Waals surface area (Å²) in [4.78, 5) is 0. The molecular weight excluding hydrogens is 254 g/mol. The van der Waals surface area contributed by atoms with Crippen molar-refractivity contribution in [3.05, 3.63) is 36.4 Å². The molecule has 0 spiro atoms. The molecule has 0 bridgehead atoms. The Morgan fingerprint density at radius 2 is 2.00 bits per heavy atom. The topological polar surface area (TPSA) is 107 Å². The number of nitrogens with one attached hydrogen (secondary N) is 2. The van der Waals surface area contributed by atoms with Gasteiger partial charge in [-0.3, -0.25) is 10.8 Å². The Hall–Kier alpha value is -3.07. The number of amidine groups is 1. The fourth-order valence-electron chi connectivity index (χ4n) is 1.81. The molecule has 2 rings (SSSR count). The summed E-state index contributed by atoms with van der Waals surface area (Å²) in [5, 5.41) is 21.7. The summed E-state index contributed by atoms with van der Waals surface area (Å²) in [6.45, 7) is 0. The molecule has 20 heavy (non-hydrogen) atoms. The van der Waals surface area contributed by atoms with Crippen LogP contribution in [0.4, 0.5) is 5.69 Å². The van der Waals surface area contributed by atoms with Crippen LogP contribution < -0.4 is 15.9 Å². The van der Waals surface area contributed by atoms with Crippen molar-refractivity contribution >= 4 is 28.0 Å². The van der Waals surface area contributed by atoms with Gasteiger partial charge in [0.25, 0.3) is 0 Å². The molecule has 0 atom stereocenters. The molecule has 0 unspecified atom stereocenters. The van der Waals surface area contributed by atoms with E-state index in [0.29, 0.717) is 5.69 Å². The van der Waals surface area contributed by atoms with Crippen molar-refractivity contribution in [1.29, 1.82) is 10.7 Å². The molecule has 6 heteroatoms. The number of nitrogens with zero attached hydrogens (tertiary/aromatic N) is 2. The number of nitrogens with two attached hydrogens (primary N) is 1. The normalized spacial score (nSPS) is 10.9. The summed E-state index contributed by atoms with van der Waals surface area (Å²) in [5.41, 5.74) is 8.54. The van der Waals surface area contributed by atoms with Crippen LogP contribution in [-0.2, 0) is 0 Å². The van der Waals surface area contributed by atoms with E-state index in [-0.39, 0.29) is 11.5 Å². The third kappa shape index (κ3) is 2.52. The van der Waals surface area contributed by atoms with Crippen LogP contribution in [0.2, 0.25) is 0 Å². The molecule has 0 fully saturated rings. The lowest BCUT2D eigenvalue weighted by Crippen LogP contribution is -2.21. The summed E-state index contributed by atoms with van der Waals surface area (Å²) in [6.07, 6.45) is 0. The van der Waals surface area contributed by atoms with Crippen LogP contribution in [0.3, 0.4) is 0 Å². The van der Waals surface area contributed by atoms with Gasteiger partial charge < -0.3 is 10.5 Å². The van der Waals surface area contributed by atoms with E-state index in [1.807, 2.05) is 24.3 Å². The lowest BCUT2D eigenvalue weighted by atomic mass is 10.1. The molecule has 2 aromatic carbocycles. The minimum atomic E-state index is -0.377. The van der Waals surface area contributed by atoms with Gasteiger partial charge in [-0.25, -0.2) is 0 Å². The van der Waals surface area contributed by atoms with Gasteiger partial charge in [0.05, 0.1) is 12.8 Å². The van der Waals surface area contributed by atoms with Gasteiger partial charge in [0.15, 0.2) is 5.84 Å². The first-order chi connectivity index (χ1) is 9.67. The molecule has 0 aromatic heterocycles. The largest absolute Gasteiger partial charge is 0.496 e. The van der Waals surface area contributed by atoms with Crippen LogP contribution in [0.5, 0.6) is 5.75 Å². The maximum absolute atomic E-state index is 8.81. The summed E-state index contributed by atoms with van der Waals surface area (Å²) in [6, 6.07) is 13.0. The van der Waals surface area contributed by atoms with Gasteiger partial charge in [-0.1, -0.05) is 24.3 Å². The second-order valence-electron chi connectivity index (χ2n) is 3.96. The molecule has 2 aromatic rings. The third-order valence-corrected chi connectivity index (χ3v) is 2.75. The van der Waals surface area contributed by atoms with Gasteiger partial charge in [-0.2, -0.15) is 10.4 Å². The van der Waals surface area contributed by atoms with Gasteiger partial charge in [0.2, 0.25) is 5.71 Å². The number of nitriles is 1. The molecule has 0 aliphatic carbocycles. The molecule has 6 nitrogen and oxygen atoms in total. The first-order valence-corrected chi connectivity index (χ1v) is 5.81. The monoisotopic (exact) mass is 267 g/mol. The second kappa shape index (κ2) is 5.71. The summed E-state index contributed by atoms with van der Waals surface area (Å²) in [5.74, 6) is 0.375. The maximum atomic E-state index is 8.81. The van der Waals surface area contributed by atoms with Crippen LogP contribution in [-0.4, -0.2) is 18.7 Å². The number of anilines is 1. The highest BCUT2D eigenvalue weighted by Crippen LogP contribution is 2.31. The fourth-order valence-corrected chi connectivity index (χ4v) is 1.81. The van der Waals surface area contributed by atoms with Gasteiger partial charge in [0.1, 0.15) is 11.8 Å². The molecule has 0 amide bonds. The van der Waals surface area contributed by atoms with E-state index in [9.17, 15) is 0 Å². The van der Waals surface area contributed by atoms with Crippen molar-refractivity contribution in [3.8, 4) is 11.8 Å². The van der Waals surface area contributed by atoms with E-state index in [2.05, 4.69) is 10.5 Å². The van der Waals surface area contributed by atoms with E-state index >= 15 is 0 Å². The second-order valence-corrected chi connectivity index (χ2v) is 3.96. The zero-order valence-electron chi connectivity index (χ0n) is 10.8. The van der Waals surface area contributed by atoms with Gasteiger partial charge >= 0.3 is 0 Å². The zero-order valence-corrected chi connectivity index (χ0v) is 10.8. The molecule has 0 saturated carbocycles. The van der Waals surface area contributed by atoms with Crippen LogP contribution in [0.15, 0.2) is 41.5 Å². The van der Waals surface area contributed by atoms with Gasteiger partial charge in [-0.15, -0.1) is 0 Å². The average Bonchev–Trinajstić information content (AvgIpc) is 2.47. The molecule has 0 aliphatic heterocycles.